The average Bonchev–Trinajstić information content (AvgIpc) is 2.78. The number of allylic oxidation sites excluding steroid dienone is 2. The van der Waals surface area contributed by atoms with Crippen molar-refractivity contribution in [2.45, 2.75) is 45.6 Å². The molecular weight excluding hydrogens is 482 g/mol. The fourth-order valence-corrected chi connectivity index (χ4v) is 5.10. The first kappa shape index (κ1) is 23.3. The normalized spacial score (nSPS) is 20.2. The third-order valence-electron chi connectivity index (χ3n) is 6.51. The predicted molar refractivity (Wildman–Crippen MR) is 131 cm³/mol. The molecule has 5 nitrogen and oxygen atoms in total. The van der Waals surface area contributed by atoms with Crippen LogP contribution in [-0.2, 0) is 20.9 Å². The van der Waals surface area contributed by atoms with Crippen LogP contribution in [0.5, 0.6) is 5.75 Å². The molecule has 4 rings (SSSR count). The molecule has 1 heterocycles. The van der Waals surface area contributed by atoms with Crippen LogP contribution in [0.1, 0.15) is 47.4 Å². The zero-order chi connectivity index (χ0) is 23.7. The Morgan fingerprint density at radius 2 is 1.88 bits per heavy atom. The van der Waals surface area contributed by atoms with Crippen LogP contribution >= 0.6 is 15.9 Å². The van der Waals surface area contributed by atoms with Gasteiger partial charge in [-0.25, -0.2) is 0 Å². The Kier molecular flexibility index (Phi) is 6.75. The molecule has 0 fully saturated rings. The zero-order valence-corrected chi connectivity index (χ0v) is 20.8. The van der Waals surface area contributed by atoms with Gasteiger partial charge in [0.15, 0.2) is 5.78 Å². The second kappa shape index (κ2) is 9.56. The highest BCUT2D eigenvalue weighted by molar-refractivity contribution is 9.10. The van der Waals surface area contributed by atoms with E-state index in [1.54, 1.807) is 0 Å². The number of ether oxygens (including phenoxy) is 2. The maximum atomic E-state index is 13.1. The summed E-state index contributed by atoms with van der Waals surface area (Å²) in [5, 5.41) is 3.25. The van der Waals surface area contributed by atoms with Gasteiger partial charge in [-0.1, -0.05) is 34.6 Å². The Morgan fingerprint density at radius 1 is 1.15 bits per heavy atom. The van der Waals surface area contributed by atoms with Crippen molar-refractivity contribution in [1.82, 2.24) is 5.32 Å². The van der Waals surface area contributed by atoms with Crippen molar-refractivity contribution in [3.8, 4) is 5.75 Å². The van der Waals surface area contributed by atoms with Gasteiger partial charge < -0.3 is 14.8 Å². The monoisotopic (exact) mass is 509 g/mol. The van der Waals surface area contributed by atoms with Crippen LogP contribution in [0.4, 0.5) is 0 Å². The lowest BCUT2D eigenvalue weighted by Crippen LogP contribution is -2.41. The minimum Gasteiger partial charge on any atom is -0.489 e. The number of ketones is 1. The van der Waals surface area contributed by atoms with Gasteiger partial charge in [-0.2, -0.15) is 0 Å². The molecule has 33 heavy (non-hydrogen) atoms. The van der Waals surface area contributed by atoms with Crippen LogP contribution in [-0.4, -0.2) is 18.9 Å². The van der Waals surface area contributed by atoms with Crippen molar-refractivity contribution < 1.29 is 19.1 Å². The molecule has 2 aromatic rings. The molecule has 0 amide bonds. The molecule has 0 aromatic heterocycles. The molecule has 1 N–H and O–H groups in total. The molecule has 0 saturated carbocycles. The van der Waals surface area contributed by atoms with E-state index in [-0.39, 0.29) is 5.78 Å². The molecule has 6 heteroatoms. The van der Waals surface area contributed by atoms with Gasteiger partial charge in [-0.3, -0.25) is 9.59 Å². The van der Waals surface area contributed by atoms with Crippen LogP contribution in [0, 0.1) is 19.8 Å². The first-order valence-corrected chi connectivity index (χ1v) is 11.9. The summed E-state index contributed by atoms with van der Waals surface area (Å²) >= 11 is 3.44. The van der Waals surface area contributed by atoms with Crippen LogP contribution in [0.25, 0.3) is 0 Å². The van der Waals surface area contributed by atoms with Gasteiger partial charge in [0, 0.05) is 33.8 Å². The average molecular weight is 510 g/mol. The molecule has 2 atom stereocenters. The number of carbonyl (C=O) groups is 2. The molecule has 1 aliphatic heterocycles. The van der Waals surface area contributed by atoms with Crippen molar-refractivity contribution in [1.29, 1.82) is 0 Å². The lowest BCUT2D eigenvalue weighted by molar-refractivity contribution is -0.144. The fraction of sp³-hybridized carbons (Fsp3) is 0.333. The topological polar surface area (TPSA) is 64.6 Å². The third kappa shape index (κ3) is 4.62. The number of hydrogen-bond acceptors (Lipinski definition) is 5. The van der Waals surface area contributed by atoms with Gasteiger partial charge in [0.1, 0.15) is 18.3 Å². The highest BCUT2D eigenvalue weighted by atomic mass is 79.9. The minimum absolute atomic E-state index is 0.0859. The van der Waals surface area contributed by atoms with E-state index in [1.807, 2.05) is 38.1 Å². The van der Waals surface area contributed by atoms with Crippen molar-refractivity contribution in [3.63, 3.8) is 0 Å². The Morgan fingerprint density at radius 3 is 2.58 bits per heavy atom. The first-order valence-electron chi connectivity index (χ1n) is 11.1. The minimum atomic E-state index is -0.669. The summed E-state index contributed by atoms with van der Waals surface area (Å²) in [4.78, 5) is 25.9. The fourth-order valence-electron chi connectivity index (χ4n) is 4.83. The number of halogens is 1. The summed E-state index contributed by atoms with van der Waals surface area (Å²) in [6.45, 7) is 8.58. The Hall–Kier alpha value is -2.86. The molecule has 0 saturated heterocycles. The largest absolute Gasteiger partial charge is 0.489 e. The molecule has 2 aromatic carbocycles. The summed E-state index contributed by atoms with van der Waals surface area (Å²) in [6, 6.07) is 11.9. The van der Waals surface area contributed by atoms with Crippen molar-refractivity contribution >= 4 is 27.7 Å². The highest BCUT2D eigenvalue weighted by Gasteiger charge is 2.44. The van der Waals surface area contributed by atoms with E-state index in [2.05, 4.69) is 40.0 Å². The van der Waals surface area contributed by atoms with Crippen LogP contribution < -0.4 is 10.1 Å². The first-order chi connectivity index (χ1) is 15.8. The lowest BCUT2D eigenvalue weighted by Gasteiger charge is -2.38. The van der Waals surface area contributed by atoms with Crippen LogP contribution in [0.3, 0.4) is 0 Å². The number of rotatable bonds is 5. The van der Waals surface area contributed by atoms with Gasteiger partial charge in [0.2, 0.25) is 0 Å². The maximum absolute atomic E-state index is 13.1. The number of carbonyl (C=O) groups excluding carboxylic acids is 2. The Bertz CT molecular complexity index is 1150. The van der Waals surface area contributed by atoms with E-state index in [4.69, 9.17) is 9.47 Å². The van der Waals surface area contributed by atoms with Crippen LogP contribution in [0.15, 0.2) is 64.4 Å². The second-order valence-electron chi connectivity index (χ2n) is 8.68. The van der Waals surface area contributed by atoms with E-state index < -0.39 is 17.8 Å². The smallest absolute Gasteiger partial charge is 0.315 e. The zero-order valence-electron chi connectivity index (χ0n) is 19.2. The standard InChI is InChI=1S/C27H28BrNO4/c1-15-12-16(2)21(13-18(15)14-33-20-10-8-19(28)9-11-20)25-24(27(31)32-4)17(3)29-22-6-5-7-23(30)26(22)25/h8-13,24-25,29H,3,5-7,14H2,1-2,4H3. The summed E-state index contributed by atoms with van der Waals surface area (Å²) in [7, 11) is 1.37. The van der Waals surface area contributed by atoms with Crippen LogP contribution in [0.2, 0.25) is 0 Å². The number of aryl methyl sites for hydroxylation is 2. The number of Topliss-reactive ketones (excluding diaryl/α,β-unsaturated/α-hetero) is 1. The molecule has 1 aliphatic carbocycles. The van der Waals surface area contributed by atoms with Crippen molar-refractivity contribution in [2.24, 2.45) is 5.92 Å². The molecule has 0 spiro atoms. The molecule has 172 valence electrons. The maximum Gasteiger partial charge on any atom is 0.315 e. The van der Waals surface area contributed by atoms with Crippen molar-refractivity contribution in [3.05, 3.63) is 86.7 Å². The summed E-state index contributed by atoms with van der Waals surface area (Å²) < 4.78 is 12.2. The van der Waals surface area contributed by atoms with E-state index in [0.717, 1.165) is 51.0 Å². The lowest BCUT2D eigenvalue weighted by atomic mass is 9.70. The Balaban J connectivity index is 1.77. The van der Waals surface area contributed by atoms with Crippen molar-refractivity contribution in [2.75, 3.05) is 7.11 Å². The van der Waals surface area contributed by atoms with E-state index in [9.17, 15) is 9.59 Å². The molecule has 0 bridgehead atoms. The summed E-state index contributed by atoms with van der Waals surface area (Å²) in [5.41, 5.74) is 6.23. The van der Waals surface area contributed by atoms with Gasteiger partial charge in [-0.05, 0) is 73.2 Å². The number of benzene rings is 2. The van der Waals surface area contributed by atoms with E-state index in [0.29, 0.717) is 24.3 Å². The summed E-state index contributed by atoms with van der Waals surface area (Å²) in [5.74, 6) is -0.633. The van der Waals surface area contributed by atoms with Gasteiger partial charge in [-0.15, -0.1) is 0 Å². The number of nitrogens with one attached hydrogen (secondary N) is 1. The predicted octanol–water partition coefficient (Wildman–Crippen LogP) is 5.64. The number of methoxy groups -OCH3 is 1. The number of esters is 1. The van der Waals surface area contributed by atoms with Gasteiger partial charge in [0.05, 0.1) is 7.11 Å². The number of hydrogen-bond donors (Lipinski definition) is 1. The summed E-state index contributed by atoms with van der Waals surface area (Å²) in [6.07, 6.45) is 2.06. The second-order valence-corrected chi connectivity index (χ2v) is 9.59. The van der Waals surface area contributed by atoms with E-state index in [1.165, 1.54) is 7.11 Å². The van der Waals surface area contributed by atoms with E-state index >= 15 is 0 Å². The molecule has 0 radical (unpaired) electrons. The quantitative estimate of drug-likeness (QED) is 0.528. The van der Waals surface area contributed by atoms with Gasteiger partial charge >= 0.3 is 5.97 Å². The highest BCUT2D eigenvalue weighted by Crippen LogP contribution is 2.45. The van der Waals surface area contributed by atoms with Gasteiger partial charge in [0.25, 0.3) is 0 Å². The third-order valence-corrected chi connectivity index (χ3v) is 7.04. The SMILES string of the molecule is C=C1NC2=C(C(=O)CCC2)C(c2cc(COc3ccc(Br)cc3)c(C)cc2C)C1C(=O)OC. The molecule has 2 unspecified atom stereocenters. The Labute approximate surface area is 203 Å². The molecular formula is C27H28BrNO4. The molecule has 2 aliphatic rings.